The topological polar surface area (TPSA) is 96.9 Å². The number of alkyl halides is 3. The summed E-state index contributed by atoms with van der Waals surface area (Å²) in [6.45, 7) is 0. The van der Waals surface area contributed by atoms with E-state index in [2.05, 4.69) is 11.4 Å². The zero-order valence-corrected chi connectivity index (χ0v) is 20.6. The molecule has 0 spiro atoms. The second-order valence-electron chi connectivity index (χ2n) is 9.61. The number of benzene rings is 3. The van der Waals surface area contributed by atoms with Crippen LogP contribution in [0.2, 0.25) is 0 Å². The molecule has 1 amide bonds. The fourth-order valence-electron chi connectivity index (χ4n) is 5.19. The molecule has 1 fully saturated rings. The van der Waals surface area contributed by atoms with Gasteiger partial charge in [0.15, 0.2) is 0 Å². The van der Waals surface area contributed by atoms with Crippen molar-refractivity contribution >= 4 is 11.6 Å². The number of hydrogen-bond donors (Lipinski definition) is 2. The van der Waals surface area contributed by atoms with Crippen LogP contribution < -0.4 is 5.32 Å². The van der Waals surface area contributed by atoms with Crippen LogP contribution in [0.4, 0.5) is 18.9 Å². The van der Waals surface area contributed by atoms with E-state index in [1.54, 1.807) is 30.3 Å². The number of nitrogens with one attached hydrogen (secondary N) is 1. The maximum Gasteiger partial charge on any atom is 0.417 e. The number of aliphatic hydroxyl groups is 1. The Morgan fingerprint density at radius 1 is 0.947 bits per heavy atom. The maximum atomic E-state index is 13.7. The largest absolute Gasteiger partial charge is 0.417 e. The Bertz CT molecular complexity index is 1420. The highest BCUT2D eigenvalue weighted by molar-refractivity contribution is 5.98. The monoisotopic (exact) mass is 517 g/mol. The van der Waals surface area contributed by atoms with Crippen molar-refractivity contribution in [1.82, 2.24) is 0 Å². The van der Waals surface area contributed by atoms with Crippen molar-refractivity contribution in [2.24, 2.45) is 5.92 Å². The summed E-state index contributed by atoms with van der Waals surface area (Å²) < 4.78 is 40.5. The van der Waals surface area contributed by atoms with Crippen molar-refractivity contribution in [2.75, 3.05) is 5.32 Å². The van der Waals surface area contributed by atoms with Crippen molar-refractivity contribution in [2.45, 2.75) is 50.3 Å². The van der Waals surface area contributed by atoms with Crippen LogP contribution in [0.3, 0.4) is 0 Å². The average Bonchev–Trinajstić information content (AvgIpc) is 2.93. The van der Waals surface area contributed by atoms with Crippen molar-refractivity contribution < 1.29 is 23.1 Å². The molecule has 0 heterocycles. The van der Waals surface area contributed by atoms with E-state index in [9.17, 15) is 28.3 Å². The molecule has 3 aromatic carbocycles. The van der Waals surface area contributed by atoms with Gasteiger partial charge in [0.25, 0.3) is 5.91 Å². The first-order valence-corrected chi connectivity index (χ1v) is 12.4. The van der Waals surface area contributed by atoms with Crippen LogP contribution in [0.25, 0.3) is 11.1 Å². The molecule has 194 valence electrons. The first kappa shape index (κ1) is 26.9. The Balaban J connectivity index is 1.72. The molecule has 1 atom stereocenters. The molecule has 0 radical (unpaired) electrons. The molecule has 2 N–H and O–H groups in total. The lowest BCUT2D eigenvalue weighted by atomic mass is 9.72. The number of carbonyl (C=O) groups excluding carboxylic acids is 1. The Morgan fingerprint density at radius 2 is 1.68 bits per heavy atom. The number of nitriles is 2. The summed E-state index contributed by atoms with van der Waals surface area (Å²) in [5, 5.41) is 32.9. The lowest BCUT2D eigenvalue weighted by Crippen LogP contribution is -2.51. The summed E-state index contributed by atoms with van der Waals surface area (Å²) in [6, 6.07) is 20.9. The summed E-state index contributed by atoms with van der Waals surface area (Å²) in [5.41, 5.74) is -1.08. The second kappa shape index (κ2) is 11.1. The number of amides is 1. The van der Waals surface area contributed by atoms with Crippen LogP contribution in [0, 0.1) is 28.6 Å². The van der Waals surface area contributed by atoms with Crippen LogP contribution in [-0.4, -0.2) is 16.6 Å². The maximum absolute atomic E-state index is 13.7. The first-order valence-electron chi connectivity index (χ1n) is 12.4. The number of nitrogens with zero attached hydrogens (tertiary/aromatic N) is 2. The number of halogens is 3. The van der Waals surface area contributed by atoms with Gasteiger partial charge >= 0.3 is 6.18 Å². The standard InChI is InChI=1S/C30H26F3N3O2/c31-30(32,33)27-16-25(14-13-23(27)19-35)36-28(37)29(38,24-10-2-1-3-11-24)17-22-8-4-5-12-26(22)21-9-6-7-20(15-21)18-34/h4-9,12-16,24,38H,1-3,10-11,17H2,(H,36,37). The Hall–Kier alpha value is -4.14. The van der Waals surface area contributed by atoms with Gasteiger partial charge in [0.1, 0.15) is 5.60 Å². The van der Waals surface area contributed by atoms with E-state index in [4.69, 9.17) is 5.26 Å². The Labute approximate surface area is 219 Å². The van der Waals surface area contributed by atoms with Gasteiger partial charge in [0.05, 0.1) is 28.8 Å². The van der Waals surface area contributed by atoms with E-state index in [0.29, 0.717) is 24.0 Å². The molecule has 0 aromatic heterocycles. The molecule has 5 nitrogen and oxygen atoms in total. The Morgan fingerprint density at radius 3 is 2.37 bits per heavy atom. The molecule has 1 saturated carbocycles. The number of anilines is 1. The minimum Gasteiger partial charge on any atom is -0.379 e. The van der Waals surface area contributed by atoms with Gasteiger partial charge in [-0.3, -0.25) is 4.79 Å². The van der Waals surface area contributed by atoms with Gasteiger partial charge in [0.2, 0.25) is 0 Å². The lowest BCUT2D eigenvalue weighted by molar-refractivity contribution is -0.142. The Kier molecular flexibility index (Phi) is 7.85. The smallest absolute Gasteiger partial charge is 0.379 e. The van der Waals surface area contributed by atoms with Gasteiger partial charge in [0, 0.05) is 12.1 Å². The summed E-state index contributed by atoms with van der Waals surface area (Å²) in [7, 11) is 0. The molecule has 1 aliphatic rings. The highest BCUT2D eigenvalue weighted by Crippen LogP contribution is 2.39. The van der Waals surface area contributed by atoms with Crippen LogP contribution in [-0.2, 0) is 17.4 Å². The van der Waals surface area contributed by atoms with E-state index in [0.717, 1.165) is 42.5 Å². The fraction of sp³-hybridized carbons (Fsp3) is 0.300. The summed E-state index contributed by atoms with van der Waals surface area (Å²) in [4.78, 5) is 13.7. The quantitative estimate of drug-likeness (QED) is 0.385. The molecule has 3 aromatic rings. The zero-order chi connectivity index (χ0) is 27.3. The second-order valence-corrected chi connectivity index (χ2v) is 9.61. The minimum absolute atomic E-state index is 0.0567. The lowest BCUT2D eigenvalue weighted by Gasteiger charge is -2.38. The highest BCUT2D eigenvalue weighted by Gasteiger charge is 2.45. The molecule has 1 unspecified atom stereocenters. The van der Waals surface area contributed by atoms with Gasteiger partial charge in [-0.15, -0.1) is 0 Å². The van der Waals surface area contributed by atoms with Crippen LogP contribution in [0.5, 0.6) is 0 Å². The molecule has 4 rings (SSSR count). The molecular weight excluding hydrogens is 491 g/mol. The number of rotatable bonds is 6. The van der Waals surface area contributed by atoms with Crippen LogP contribution in [0.1, 0.15) is 54.4 Å². The number of carbonyl (C=O) groups is 1. The molecule has 1 aliphatic carbocycles. The van der Waals surface area contributed by atoms with Crippen molar-refractivity contribution in [1.29, 1.82) is 10.5 Å². The zero-order valence-electron chi connectivity index (χ0n) is 20.6. The average molecular weight is 518 g/mol. The summed E-state index contributed by atoms with van der Waals surface area (Å²) in [6.07, 6.45) is -0.964. The molecule has 0 saturated heterocycles. The molecule has 8 heteroatoms. The highest BCUT2D eigenvalue weighted by atomic mass is 19.4. The number of hydrogen-bond acceptors (Lipinski definition) is 4. The summed E-state index contributed by atoms with van der Waals surface area (Å²) in [5.74, 6) is -1.18. The molecule has 0 aliphatic heterocycles. The van der Waals surface area contributed by atoms with E-state index in [1.807, 2.05) is 18.2 Å². The van der Waals surface area contributed by atoms with Crippen LogP contribution >= 0.6 is 0 Å². The van der Waals surface area contributed by atoms with E-state index >= 15 is 0 Å². The first-order chi connectivity index (χ1) is 18.2. The molecule has 38 heavy (non-hydrogen) atoms. The van der Waals surface area contributed by atoms with Gasteiger partial charge < -0.3 is 10.4 Å². The van der Waals surface area contributed by atoms with Gasteiger partial charge in [-0.05, 0) is 65.8 Å². The predicted octanol–water partition coefficient (Wildman–Crippen LogP) is 6.61. The normalized spacial score (nSPS) is 15.6. The summed E-state index contributed by atoms with van der Waals surface area (Å²) >= 11 is 0. The van der Waals surface area contributed by atoms with Crippen molar-refractivity contribution in [3.05, 3.63) is 89.0 Å². The van der Waals surface area contributed by atoms with E-state index in [1.165, 1.54) is 12.1 Å². The van der Waals surface area contributed by atoms with Gasteiger partial charge in [-0.2, -0.15) is 23.7 Å². The van der Waals surface area contributed by atoms with Crippen LogP contribution in [0.15, 0.2) is 66.7 Å². The van der Waals surface area contributed by atoms with Crippen molar-refractivity contribution in [3.63, 3.8) is 0 Å². The van der Waals surface area contributed by atoms with Gasteiger partial charge in [-0.1, -0.05) is 55.7 Å². The predicted molar refractivity (Wildman–Crippen MR) is 137 cm³/mol. The van der Waals surface area contributed by atoms with E-state index < -0.39 is 34.7 Å². The van der Waals surface area contributed by atoms with Crippen molar-refractivity contribution in [3.8, 4) is 23.3 Å². The third-order valence-corrected chi connectivity index (χ3v) is 7.16. The fourth-order valence-corrected chi connectivity index (χ4v) is 5.19. The van der Waals surface area contributed by atoms with Gasteiger partial charge in [-0.25, -0.2) is 0 Å². The minimum atomic E-state index is -4.78. The third-order valence-electron chi connectivity index (χ3n) is 7.16. The molecule has 0 bridgehead atoms. The third kappa shape index (κ3) is 5.72. The SMILES string of the molecule is N#Cc1cccc(-c2ccccc2CC(O)(C(=O)Nc2ccc(C#N)c(C(F)(F)F)c2)C2CCCCC2)c1. The molecular formula is C30H26F3N3O2. The van der Waals surface area contributed by atoms with E-state index in [-0.39, 0.29) is 12.1 Å².